The van der Waals surface area contributed by atoms with Gasteiger partial charge in [-0.05, 0) is 12.1 Å². The van der Waals surface area contributed by atoms with Gasteiger partial charge in [0.05, 0.1) is 5.69 Å². The molecule has 1 aliphatic heterocycles. The Kier molecular flexibility index (Phi) is 5.89. The molecule has 1 aromatic carbocycles. The summed E-state index contributed by atoms with van der Waals surface area (Å²) in [6, 6.07) is 6.01. The van der Waals surface area contributed by atoms with Crippen molar-refractivity contribution in [2.24, 2.45) is 0 Å². The molecular formula is C17H22FN3O3. The number of halogens is 1. The minimum atomic E-state index is -0.491. The molecule has 0 aromatic heterocycles. The lowest BCUT2D eigenvalue weighted by Gasteiger charge is -2.34. The van der Waals surface area contributed by atoms with Gasteiger partial charge in [-0.1, -0.05) is 12.1 Å². The van der Waals surface area contributed by atoms with E-state index < -0.39 is 5.82 Å². The predicted molar refractivity (Wildman–Crippen MR) is 87.9 cm³/mol. The molecule has 1 aliphatic rings. The van der Waals surface area contributed by atoms with Crippen molar-refractivity contribution >= 4 is 23.4 Å². The molecule has 1 aromatic rings. The van der Waals surface area contributed by atoms with Crippen LogP contribution in [0.1, 0.15) is 20.3 Å². The van der Waals surface area contributed by atoms with Crippen LogP contribution in [0.4, 0.5) is 10.1 Å². The SMILES string of the molecule is CC(=O)N1CCN(C(=O)CCN(C(C)=O)c2ccccc2F)CC1. The number of nitrogens with zero attached hydrogens (tertiary/aromatic N) is 3. The summed E-state index contributed by atoms with van der Waals surface area (Å²) in [6.07, 6.45) is 0.119. The average Bonchev–Trinajstić information content (AvgIpc) is 2.56. The zero-order valence-corrected chi connectivity index (χ0v) is 14.0. The highest BCUT2D eigenvalue weighted by atomic mass is 19.1. The molecule has 3 amide bonds. The maximum Gasteiger partial charge on any atom is 0.224 e. The van der Waals surface area contributed by atoms with E-state index in [4.69, 9.17) is 0 Å². The lowest BCUT2D eigenvalue weighted by molar-refractivity contribution is -0.138. The second kappa shape index (κ2) is 7.90. The monoisotopic (exact) mass is 335 g/mol. The van der Waals surface area contributed by atoms with Crippen LogP contribution in [0.5, 0.6) is 0 Å². The highest BCUT2D eigenvalue weighted by Crippen LogP contribution is 2.19. The molecule has 0 bridgehead atoms. The predicted octanol–water partition coefficient (Wildman–Crippen LogP) is 1.26. The Morgan fingerprint density at radius 2 is 1.62 bits per heavy atom. The molecule has 0 saturated carbocycles. The second-order valence-electron chi connectivity index (χ2n) is 5.76. The highest BCUT2D eigenvalue weighted by Gasteiger charge is 2.23. The first-order valence-corrected chi connectivity index (χ1v) is 7.96. The Morgan fingerprint density at radius 1 is 1.04 bits per heavy atom. The molecule has 0 atom stereocenters. The summed E-state index contributed by atoms with van der Waals surface area (Å²) < 4.78 is 13.9. The Hall–Kier alpha value is -2.44. The molecule has 6 nitrogen and oxygen atoms in total. The maximum atomic E-state index is 13.9. The summed E-state index contributed by atoms with van der Waals surface area (Å²) in [7, 11) is 0. The summed E-state index contributed by atoms with van der Waals surface area (Å²) in [6.45, 7) is 4.99. The minimum absolute atomic E-state index is 0.00408. The molecule has 0 aliphatic carbocycles. The summed E-state index contributed by atoms with van der Waals surface area (Å²) in [5.74, 6) is -0.894. The van der Waals surface area contributed by atoms with Crippen LogP contribution in [0, 0.1) is 5.82 Å². The van der Waals surface area contributed by atoms with Gasteiger partial charge in [-0.3, -0.25) is 14.4 Å². The number of carbonyl (C=O) groups excluding carboxylic acids is 3. The van der Waals surface area contributed by atoms with Crippen molar-refractivity contribution in [3.8, 4) is 0 Å². The van der Waals surface area contributed by atoms with Crippen LogP contribution < -0.4 is 4.90 Å². The number of rotatable bonds is 4. The minimum Gasteiger partial charge on any atom is -0.339 e. The third-order valence-electron chi connectivity index (χ3n) is 4.15. The van der Waals surface area contributed by atoms with Gasteiger partial charge in [0.25, 0.3) is 0 Å². The van der Waals surface area contributed by atoms with Gasteiger partial charge in [0.15, 0.2) is 0 Å². The molecule has 0 N–H and O–H groups in total. The Labute approximate surface area is 140 Å². The number of benzene rings is 1. The van der Waals surface area contributed by atoms with Gasteiger partial charge in [0, 0.05) is 53.0 Å². The number of hydrogen-bond donors (Lipinski definition) is 0. The fourth-order valence-electron chi connectivity index (χ4n) is 2.75. The molecule has 1 heterocycles. The first-order valence-electron chi connectivity index (χ1n) is 7.96. The molecule has 24 heavy (non-hydrogen) atoms. The zero-order valence-electron chi connectivity index (χ0n) is 14.0. The van der Waals surface area contributed by atoms with Crippen LogP contribution in [-0.4, -0.2) is 60.2 Å². The maximum absolute atomic E-state index is 13.9. The van der Waals surface area contributed by atoms with E-state index in [1.54, 1.807) is 21.9 Å². The first kappa shape index (κ1) is 17.9. The van der Waals surface area contributed by atoms with Crippen molar-refractivity contribution < 1.29 is 18.8 Å². The van der Waals surface area contributed by atoms with Crippen molar-refractivity contribution in [1.82, 2.24) is 9.80 Å². The van der Waals surface area contributed by atoms with E-state index in [0.717, 1.165) is 0 Å². The van der Waals surface area contributed by atoms with Gasteiger partial charge < -0.3 is 14.7 Å². The van der Waals surface area contributed by atoms with Crippen molar-refractivity contribution in [2.45, 2.75) is 20.3 Å². The van der Waals surface area contributed by atoms with Gasteiger partial charge >= 0.3 is 0 Å². The number of piperazine rings is 1. The van der Waals surface area contributed by atoms with E-state index in [-0.39, 0.29) is 36.4 Å². The number of amides is 3. The third-order valence-corrected chi connectivity index (χ3v) is 4.15. The van der Waals surface area contributed by atoms with Crippen molar-refractivity contribution in [1.29, 1.82) is 0 Å². The topological polar surface area (TPSA) is 60.9 Å². The highest BCUT2D eigenvalue weighted by molar-refractivity contribution is 5.92. The lowest BCUT2D eigenvalue weighted by Crippen LogP contribution is -2.50. The summed E-state index contributed by atoms with van der Waals surface area (Å²) in [5.41, 5.74) is 0.180. The van der Waals surface area contributed by atoms with Crippen LogP contribution in [0.3, 0.4) is 0 Å². The average molecular weight is 335 g/mol. The summed E-state index contributed by atoms with van der Waals surface area (Å²) in [4.78, 5) is 40.1. The molecule has 0 unspecified atom stereocenters. The molecule has 0 spiro atoms. The van der Waals surface area contributed by atoms with E-state index in [1.165, 1.54) is 30.9 Å². The molecule has 1 saturated heterocycles. The Bertz CT molecular complexity index is 627. The zero-order chi connectivity index (χ0) is 17.7. The van der Waals surface area contributed by atoms with E-state index in [1.807, 2.05) is 0 Å². The first-order chi connectivity index (χ1) is 11.4. The number of carbonyl (C=O) groups is 3. The summed E-state index contributed by atoms with van der Waals surface area (Å²) >= 11 is 0. The number of hydrogen-bond acceptors (Lipinski definition) is 3. The van der Waals surface area contributed by atoms with Gasteiger partial charge in [0.1, 0.15) is 5.82 Å². The van der Waals surface area contributed by atoms with E-state index >= 15 is 0 Å². The molecular weight excluding hydrogens is 313 g/mol. The van der Waals surface area contributed by atoms with E-state index in [0.29, 0.717) is 26.2 Å². The van der Waals surface area contributed by atoms with Gasteiger partial charge in [-0.25, -0.2) is 4.39 Å². The number of para-hydroxylation sites is 1. The van der Waals surface area contributed by atoms with E-state index in [9.17, 15) is 18.8 Å². The van der Waals surface area contributed by atoms with Crippen LogP contribution in [0.2, 0.25) is 0 Å². The van der Waals surface area contributed by atoms with Gasteiger partial charge in [-0.2, -0.15) is 0 Å². The normalized spacial score (nSPS) is 14.5. The molecule has 0 radical (unpaired) electrons. The summed E-state index contributed by atoms with van der Waals surface area (Å²) in [5, 5.41) is 0. The fourth-order valence-corrected chi connectivity index (χ4v) is 2.75. The van der Waals surface area contributed by atoms with E-state index in [2.05, 4.69) is 0 Å². The molecule has 7 heteroatoms. The van der Waals surface area contributed by atoms with Crippen LogP contribution in [-0.2, 0) is 14.4 Å². The Balaban J connectivity index is 1.93. The fraction of sp³-hybridized carbons (Fsp3) is 0.471. The molecule has 2 rings (SSSR count). The quantitative estimate of drug-likeness (QED) is 0.832. The largest absolute Gasteiger partial charge is 0.339 e. The molecule has 130 valence electrons. The second-order valence-corrected chi connectivity index (χ2v) is 5.76. The lowest BCUT2D eigenvalue weighted by atomic mass is 10.2. The number of anilines is 1. The standard InChI is InChI=1S/C17H22FN3O3/c1-13(22)19-9-11-20(12-10-19)17(24)7-8-21(14(2)23)16-6-4-3-5-15(16)18/h3-6H,7-12H2,1-2H3. The van der Waals surface area contributed by atoms with Crippen molar-refractivity contribution in [3.63, 3.8) is 0 Å². The van der Waals surface area contributed by atoms with Crippen LogP contribution in [0.15, 0.2) is 24.3 Å². The molecule has 1 fully saturated rings. The third kappa shape index (κ3) is 4.31. The van der Waals surface area contributed by atoms with Crippen LogP contribution >= 0.6 is 0 Å². The van der Waals surface area contributed by atoms with Crippen LogP contribution in [0.25, 0.3) is 0 Å². The van der Waals surface area contributed by atoms with Crippen molar-refractivity contribution in [2.75, 3.05) is 37.6 Å². The van der Waals surface area contributed by atoms with Gasteiger partial charge in [-0.15, -0.1) is 0 Å². The smallest absolute Gasteiger partial charge is 0.224 e. The Morgan fingerprint density at radius 3 is 2.17 bits per heavy atom. The van der Waals surface area contributed by atoms with Crippen molar-refractivity contribution in [3.05, 3.63) is 30.1 Å². The van der Waals surface area contributed by atoms with Gasteiger partial charge in [0.2, 0.25) is 17.7 Å².